The maximum absolute atomic E-state index is 12.0. The first-order valence-corrected chi connectivity index (χ1v) is 8.50. The van der Waals surface area contributed by atoms with Crippen LogP contribution in [0.1, 0.15) is 54.3 Å². The molecule has 4 nitrogen and oxygen atoms in total. The third kappa shape index (κ3) is 5.07. The lowest BCUT2D eigenvalue weighted by molar-refractivity contribution is 0.0954. The first kappa shape index (κ1) is 16.4. The minimum Gasteiger partial charge on any atom is -0.267 e. The number of aromatic nitrogens is 1. The zero-order valence-corrected chi connectivity index (χ0v) is 13.6. The molecule has 0 saturated carbocycles. The molecule has 1 amide bonds. The van der Waals surface area contributed by atoms with Crippen molar-refractivity contribution in [1.82, 2.24) is 10.4 Å². The lowest BCUT2D eigenvalue weighted by atomic mass is 10.1. The lowest BCUT2D eigenvalue weighted by Crippen LogP contribution is -2.20. The van der Waals surface area contributed by atoms with Crippen LogP contribution in [0, 0.1) is 0 Å². The van der Waals surface area contributed by atoms with Gasteiger partial charge in [0.25, 0.3) is 5.91 Å². The van der Waals surface area contributed by atoms with E-state index in [0.29, 0.717) is 5.56 Å². The number of amides is 1. The zero-order valence-electron chi connectivity index (χ0n) is 12.8. The topological polar surface area (TPSA) is 54.4 Å². The monoisotopic (exact) mass is 315 g/mol. The molecule has 22 heavy (non-hydrogen) atoms. The SMILES string of the molecule is CCCCCCC(=NNC(=O)c1cccnc1)c1cccs1. The van der Waals surface area contributed by atoms with E-state index in [9.17, 15) is 4.79 Å². The van der Waals surface area contributed by atoms with Gasteiger partial charge in [-0.15, -0.1) is 11.3 Å². The molecule has 0 aliphatic heterocycles. The van der Waals surface area contributed by atoms with Gasteiger partial charge < -0.3 is 0 Å². The van der Waals surface area contributed by atoms with Crippen molar-refractivity contribution in [3.05, 3.63) is 52.5 Å². The second kappa shape index (κ2) is 9.10. The van der Waals surface area contributed by atoms with Crippen LogP contribution in [0.2, 0.25) is 0 Å². The van der Waals surface area contributed by atoms with Crippen LogP contribution in [0.15, 0.2) is 47.1 Å². The maximum atomic E-state index is 12.0. The summed E-state index contributed by atoms with van der Waals surface area (Å²) in [5.41, 5.74) is 4.11. The second-order valence-electron chi connectivity index (χ2n) is 5.03. The van der Waals surface area contributed by atoms with E-state index in [4.69, 9.17) is 0 Å². The van der Waals surface area contributed by atoms with Crippen LogP contribution in [0.4, 0.5) is 0 Å². The Morgan fingerprint density at radius 2 is 2.18 bits per heavy atom. The van der Waals surface area contributed by atoms with Gasteiger partial charge in [-0.2, -0.15) is 5.10 Å². The molecule has 0 unspecified atom stereocenters. The Morgan fingerprint density at radius 3 is 2.86 bits per heavy atom. The molecular formula is C17H21N3OS. The number of hydrogen-bond acceptors (Lipinski definition) is 4. The van der Waals surface area contributed by atoms with E-state index < -0.39 is 0 Å². The molecule has 2 rings (SSSR count). The van der Waals surface area contributed by atoms with E-state index in [1.165, 1.54) is 25.5 Å². The fourth-order valence-corrected chi connectivity index (χ4v) is 2.82. The summed E-state index contributed by atoms with van der Waals surface area (Å²) in [5.74, 6) is -0.226. The van der Waals surface area contributed by atoms with Crippen molar-refractivity contribution in [3.8, 4) is 0 Å². The number of nitrogens with one attached hydrogen (secondary N) is 1. The molecule has 0 bridgehead atoms. The number of pyridine rings is 1. The Bertz CT molecular complexity index is 594. The fourth-order valence-electron chi connectivity index (χ4n) is 2.08. The highest BCUT2D eigenvalue weighted by Crippen LogP contribution is 2.15. The van der Waals surface area contributed by atoms with Crippen LogP contribution in [0.5, 0.6) is 0 Å². The van der Waals surface area contributed by atoms with Gasteiger partial charge in [-0.05, 0) is 36.4 Å². The van der Waals surface area contributed by atoms with Crippen LogP contribution < -0.4 is 5.43 Å². The van der Waals surface area contributed by atoms with Crippen LogP contribution >= 0.6 is 11.3 Å². The third-order valence-electron chi connectivity index (χ3n) is 3.29. The highest BCUT2D eigenvalue weighted by Gasteiger charge is 2.08. The van der Waals surface area contributed by atoms with Crippen LogP contribution in [-0.2, 0) is 0 Å². The number of carbonyl (C=O) groups is 1. The molecule has 2 aromatic heterocycles. The van der Waals surface area contributed by atoms with Crippen LogP contribution in [0.3, 0.4) is 0 Å². The summed E-state index contributed by atoms with van der Waals surface area (Å²) in [5, 5.41) is 6.37. The molecule has 0 aromatic carbocycles. The van der Waals surface area contributed by atoms with E-state index in [-0.39, 0.29) is 5.91 Å². The van der Waals surface area contributed by atoms with E-state index in [2.05, 4.69) is 22.4 Å². The van der Waals surface area contributed by atoms with Gasteiger partial charge in [-0.25, -0.2) is 5.43 Å². The molecule has 0 atom stereocenters. The predicted octanol–water partition coefficient (Wildman–Crippen LogP) is 4.25. The largest absolute Gasteiger partial charge is 0.272 e. The molecule has 0 spiro atoms. The average Bonchev–Trinajstić information content (AvgIpc) is 3.09. The summed E-state index contributed by atoms with van der Waals surface area (Å²) >= 11 is 1.65. The van der Waals surface area contributed by atoms with Crippen molar-refractivity contribution in [2.24, 2.45) is 5.10 Å². The predicted molar refractivity (Wildman–Crippen MR) is 91.3 cm³/mol. The van der Waals surface area contributed by atoms with Crippen molar-refractivity contribution in [3.63, 3.8) is 0 Å². The number of hydrogen-bond donors (Lipinski definition) is 1. The van der Waals surface area contributed by atoms with Crippen molar-refractivity contribution >= 4 is 23.0 Å². The maximum Gasteiger partial charge on any atom is 0.272 e. The molecule has 2 heterocycles. The van der Waals surface area contributed by atoms with Gasteiger partial charge in [0.2, 0.25) is 0 Å². The third-order valence-corrected chi connectivity index (χ3v) is 4.21. The van der Waals surface area contributed by atoms with E-state index in [1.54, 1.807) is 29.7 Å². The van der Waals surface area contributed by atoms with Gasteiger partial charge in [0.1, 0.15) is 0 Å². The van der Waals surface area contributed by atoms with Crippen LogP contribution in [0.25, 0.3) is 0 Å². The summed E-state index contributed by atoms with van der Waals surface area (Å²) < 4.78 is 0. The van der Waals surface area contributed by atoms with Gasteiger partial charge in [-0.3, -0.25) is 9.78 Å². The van der Waals surface area contributed by atoms with Crippen molar-refractivity contribution in [2.45, 2.75) is 39.0 Å². The number of nitrogens with zero attached hydrogens (tertiary/aromatic N) is 2. The van der Waals surface area contributed by atoms with Crippen molar-refractivity contribution in [2.75, 3.05) is 0 Å². The molecule has 5 heteroatoms. The van der Waals surface area contributed by atoms with Crippen molar-refractivity contribution < 1.29 is 4.79 Å². The number of rotatable bonds is 8. The molecule has 0 fully saturated rings. The Kier molecular flexibility index (Phi) is 6.77. The zero-order chi connectivity index (χ0) is 15.6. The molecule has 2 aromatic rings. The Morgan fingerprint density at radius 1 is 1.27 bits per heavy atom. The van der Waals surface area contributed by atoms with E-state index in [0.717, 1.165) is 23.4 Å². The van der Waals surface area contributed by atoms with E-state index in [1.807, 2.05) is 17.5 Å². The fraction of sp³-hybridized carbons (Fsp3) is 0.353. The van der Waals surface area contributed by atoms with Gasteiger partial charge in [0.05, 0.1) is 16.2 Å². The molecule has 0 radical (unpaired) electrons. The second-order valence-corrected chi connectivity index (χ2v) is 5.98. The summed E-state index contributed by atoms with van der Waals surface area (Å²) in [6, 6.07) is 7.51. The minimum absolute atomic E-state index is 0.226. The van der Waals surface area contributed by atoms with Crippen molar-refractivity contribution in [1.29, 1.82) is 0 Å². The van der Waals surface area contributed by atoms with Crippen LogP contribution in [-0.4, -0.2) is 16.6 Å². The summed E-state index contributed by atoms with van der Waals surface area (Å²) in [6.45, 7) is 2.20. The summed E-state index contributed by atoms with van der Waals surface area (Å²) in [6.07, 6.45) is 8.80. The summed E-state index contributed by atoms with van der Waals surface area (Å²) in [4.78, 5) is 17.1. The average molecular weight is 315 g/mol. The number of thiophene rings is 1. The number of unbranched alkanes of at least 4 members (excludes halogenated alkanes) is 3. The first-order chi connectivity index (χ1) is 10.8. The molecule has 116 valence electrons. The Labute approximate surface area is 135 Å². The molecule has 0 saturated heterocycles. The van der Waals surface area contributed by atoms with Gasteiger partial charge in [0, 0.05) is 12.4 Å². The highest BCUT2D eigenvalue weighted by atomic mass is 32.1. The smallest absolute Gasteiger partial charge is 0.267 e. The Hall–Kier alpha value is -2.01. The molecule has 0 aliphatic rings. The normalized spacial score (nSPS) is 11.4. The number of hydrazone groups is 1. The van der Waals surface area contributed by atoms with E-state index >= 15 is 0 Å². The lowest BCUT2D eigenvalue weighted by Gasteiger charge is -2.05. The highest BCUT2D eigenvalue weighted by molar-refractivity contribution is 7.12. The molecular weight excluding hydrogens is 294 g/mol. The Balaban J connectivity index is 2.00. The summed E-state index contributed by atoms with van der Waals surface area (Å²) in [7, 11) is 0. The minimum atomic E-state index is -0.226. The van der Waals surface area contributed by atoms with Gasteiger partial charge in [0.15, 0.2) is 0 Å². The molecule has 1 N–H and O–H groups in total. The molecule has 0 aliphatic carbocycles. The quantitative estimate of drug-likeness (QED) is 0.450. The standard InChI is InChI=1S/C17H21N3OS/c1-2-3-4-5-9-15(16-10-7-12-22-16)19-20-17(21)14-8-6-11-18-13-14/h6-8,10-13H,2-5,9H2,1H3,(H,20,21). The number of carbonyl (C=O) groups excluding carboxylic acids is 1. The van der Waals surface area contributed by atoms with Gasteiger partial charge in [-0.1, -0.05) is 32.3 Å². The van der Waals surface area contributed by atoms with Gasteiger partial charge >= 0.3 is 0 Å². The first-order valence-electron chi connectivity index (χ1n) is 7.62.